The maximum Gasteiger partial charge on any atom is 0.416 e. The van der Waals surface area contributed by atoms with Crippen molar-refractivity contribution in [2.24, 2.45) is 0 Å². The highest BCUT2D eigenvalue weighted by Gasteiger charge is 2.30. The van der Waals surface area contributed by atoms with Gasteiger partial charge in [-0.05, 0) is 41.1 Å². The number of nitrogens with zero attached hydrogens (tertiary/aromatic N) is 1. The Hall–Kier alpha value is -3.61. The Bertz CT molecular complexity index is 1140. The number of hydrogen-bond acceptors (Lipinski definition) is 2. The number of aromatic nitrogens is 2. The summed E-state index contributed by atoms with van der Waals surface area (Å²) in [6.45, 7) is 0. The fourth-order valence-corrected chi connectivity index (χ4v) is 2.97. The first-order valence-corrected chi connectivity index (χ1v) is 8.44. The van der Waals surface area contributed by atoms with Gasteiger partial charge in [-0.3, -0.25) is 9.89 Å². The minimum absolute atomic E-state index is 0.211. The van der Waals surface area contributed by atoms with Crippen molar-refractivity contribution in [1.29, 1.82) is 0 Å². The predicted molar refractivity (Wildman–Crippen MR) is 101 cm³/mol. The standard InChI is InChI=1S/C21H14F3N3O/c22-21(23,24)14-8-10-15(11-9-14)25-20(28)19-12-18(26-27-19)17-7-3-5-13-4-1-2-6-16(13)17/h1-12H,(H,25,28)(H,26,27). The number of benzene rings is 3. The van der Waals surface area contributed by atoms with E-state index in [4.69, 9.17) is 0 Å². The molecular formula is C21H14F3N3O. The summed E-state index contributed by atoms with van der Waals surface area (Å²) in [6, 6.07) is 19.5. The van der Waals surface area contributed by atoms with E-state index in [1.54, 1.807) is 6.07 Å². The third kappa shape index (κ3) is 3.46. The van der Waals surface area contributed by atoms with E-state index >= 15 is 0 Å². The molecule has 0 aliphatic carbocycles. The molecule has 0 fully saturated rings. The first kappa shape index (κ1) is 17.8. The summed E-state index contributed by atoms with van der Waals surface area (Å²) in [4.78, 5) is 12.4. The van der Waals surface area contributed by atoms with Crippen molar-refractivity contribution in [3.63, 3.8) is 0 Å². The SMILES string of the molecule is O=C(Nc1ccc(C(F)(F)F)cc1)c1cc(-c2cccc3ccccc23)n[nH]1. The minimum Gasteiger partial charge on any atom is -0.321 e. The molecule has 0 aliphatic heterocycles. The van der Waals surface area contributed by atoms with Crippen LogP contribution in [0.3, 0.4) is 0 Å². The van der Waals surface area contributed by atoms with Gasteiger partial charge in [0.2, 0.25) is 0 Å². The van der Waals surface area contributed by atoms with Crippen molar-refractivity contribution in [1.82, 2.24) is 10.2 Å². The van der Waals surface area contributed by atoms with Crippen molar-refractivity contribution in [3.05, 3.63) is 84.1 Å². The molecule has 0 aliphatic rings. The van der Waals surface area contributed by atoms with Gasteiger partial charge in [-0.15, -0.1) is 0 Å². The molecule has 0 unspecified atom stereocenters. The molecule has 3 aromatic carbocycles. The lowest BCUT2D eigenvalue weighted by Crippen LogP contribution is -2.12. The molecule has 1 aromatic heterocycles. The van der Waals surface area contributed by atoms with Gasteiger partial charge in [0.25, 0.3) is 5.91 Å². The number of hydrogen-bond donors (Lipinski definition) is 2. The van der Waals surface area contributed by atoms with E-state index in [9.17, 15) is 18.0 Å². The zero-order chi connectivity index (χ0) is 19.7. The Morgan fingerprint density at radius 3 is 2.39 bits per heavy atom. The second-order valence-corrected chi connectivity index (χ2v) is 6.22. The van der Waals surface area contributed by atoms with Crippen molar-refractivity contribution in [3.8, 4) is 11.3 Å². The summed E-state index contributed by atoms with van der Waals surface area (Å²) in [5, 5.41) is 11.5. The molecule has 0 saturated heterocycles. The number of nitrogens with one attached hydrogen (secondary N) is 2. The highest BCUT2D eigenvalue weighted by atomic mass is 19.4. The lowest BCUT2D eigenvalue weighted by Gasteiger charge is -2.08. The number of halogens is 3. The molecule has 1 amide bonds. The molecule has 1 heterocycles. The number of amides is 1. The average molecular weight is 381 g/mol. The normalized spacial score (nSPS) is 11.5. The fourth-order valence-electron chi connectivity index (χ4n) is 2.97. The molecule has 28 heavy (non-hydrogen) atoms. The van der Waals surface area contributed by atoms with Gasteiger partial charge in [0.05, 0.1) is 11.3 Å². The van der Waals surface area contributed by atoms with Crippen molar-refractivity contribution >= 4 is 22.4 Å². The van der Waals surface area contributed by atoms with Gasteiger partial charge in [0.1, 0.15) is 5.69 Å². The number of rotatable bonds is 3. The summed E-state index contributed by atoms with van der Waals surface area (Å²) in [6.07, 6.45) is -4.42. The fraction of sp³-hybridized carbons (Fsp3) is 0.0476. The van der Waals surface area contributed by atoms with E-state index in [0.29, 0.717) is 5.69 Å². The molecule has 0 saturated carbocycles. The van der Waals surface area contributed by atoms with Crippen molar-refractivity contribution < 1.29 is 18.0 Å². The van der Waals surface area contributed by atoms with E-state index in [1.807, 2.05) is 42.5 Å². The topological polar surface area (TPSA) is 57.8 Å². The maximum atomic E-state index is 12.6. The van der Waals surface area contributed by atoms with Gasteiger partial charge in [0.15, 0.2) is 0 Å². The molecule has 7 heteroatoms. The predicted octanol–water partition coefficient (Wildman–Crippen LogP) is 5.50. The van der Waals surface area contributed by atoms with Crippen LogP contribution in [0.25, 0.3) is 22.0 Å². The number of anilines is 1. The molecule has 0 bridgehead atoms. The Labute approximate surface area is 158 Å². The van der Waals surface area contributed by atoms with Crippen LogP contribution in [0.4, 0.5) is 18.9 Å². The molecule has 0 spiro atoms. The maximum absolute atomic E-state index is 12.6. The van der Waals surface area contributed by atoms with Crippen LogP contribution in [-0.2, 0) is 6.18 Å². The molecular weight excluding hydrogens is 367 g/mol. The highest BCUT2D eigenvalue weighted by Crippen LogP contribution is 2.30. The smallest absolute Gasteiger partial charge is 0.321 e. The number of H-pyrrole nitrogens is 1. The summed E-state index contributed by atoms with van der Waals surface area (Å²) >= 11 is 0. The third-order valence-corrected chi connectivity index (χ3v) is 4.36. The van der Waals surface area contributed by atoms with Gasteiger partial charge in [-0.2, -0.15) is 18.3 Å². The number of carbonyl (C=O) groups is 1. The Morgan fingerprint density at radius 1 is 0.929 bits per heavy atom. The van der Waals surface area contributed by atoms with E-state index < -0.39 is 17.6 Å². The van der Waals surface area contributed by atoms with Gasteiger partial charge in [-0.1, -0.05) is 42.5 Å². The second-order valence-electron chi connectivity index (χ2n) is 6.22. The first-order valence-electron chi connectivity index (χ1n) is 8.44. The molecule has 4 nitrogen and oxygen atoms in total. The molecule has 2 N–H and O–H groups in total. The minimum atomic E-state index is -4.42. The second kappa shape index (κ2) is 6.84. The van der Waals surface area contributed by atoms with Crippen LogP contribution in [0.1, 0.15) is 16.1 Å². The van der Waals surface area contributed by atoms with E-state index in [0.717, 1.165) is 28.5 Å². The highest BCUT2D eigenvalue weighted by molar-refractivity contribution is 6.04. The number of alkyl halides is 3. The van der Waals surface area contributed by atoms with Crippen LogP contribution in [0.5, 0.6) is 0 Å². The van der Waals surface area contributed by atoms with E-state index in [1.165, 1.54) is 12.1 Å². The van der Waals surface area contributed by atoms with Gasteiger partial charge >= 0.3 is 6.18 Å². The Kier molecular flexibility index (Phi) is 4.35. The van der Waals surface area contributed by atoms with E-state index in [2.05, 4.69) is 15.5 Å². The third-order valence-electron chi connectivity index (χ3n) is 4.36. The zero-order valence-corrected chi connectivity index (χ0v) is 14.4. The Balaban J connectivity index is 1.56. The monoisotopic (exact) mass is 381 g/mol. The summed E-state index contributed by atoms with van der Waals surface area (Å²) < 4.78 is 37.9. The first-order chi connectivity index (χ1) is 13.4. The quantitative estimate of drug-likeness (QED) is 0.492. The van der Waals surface area contributed by atoms with Gasteiger partial charge in [-0.25, -0.2) is 0 Å². The van der Waals surface area contributed by atoms with Crippen LogP contribution in [0, 0.1) is 0 Å². The van der Waals surface area contributed by atoms with Crippen LogP contribution in [0.15, 0.2) is 72.8 Å². The number of fused-ring (bicyclic) bond motifs is 1. The van der Waals surface area contributed by atoms with Crippen LogP contribution in [-0.4, -0.2) is 16.1 Å². The zero-order valence-electron chi connectivity index (χ0n) is 14.4. The molecule has 4 rings (SSSR count). The van der Waals surface area contributed by atoms with Gasteiger partial charge < -0.3 is 5.32 Å². The molecule has 140 valence electrons. The largest absolute Gasteiger partial charge is 0.416 e. The van der Waals surface area contributed by atoms with E-state index in [-0.39, 0.29) is 11.4 Å². The summed E-state index contributed by atoms with van der Waals surface area (Å²) in [7, 11) is 0. The van der Waals surface area contributed by atoms with Crippen LogP contribution >= 0.6 is 0 Å². The summed E-state index contributed by atoms with van der Waals surface area (Å²) in [5.74, 6) is -0.487. The average Bonchev–Trinajstić information content (AvgIpc) is 3.17. The summed E-state index contributed by atoms with van der Waals surface area (Å²) in [5.41, 5.74) is 1.18. The molecule has 4 aromatic rings. The Morgan fingerprint density at radius 2 is 1.64 bits per heavy atom. The van der Waals surface area contributed by atoms with Gasteiger partial charge in [0, 0.05) is 11.3 Å². The van der Waals surface area contributed by atoms with Crippen LogP contribution < -0.4 is 5.32 Å². The number of aromatic amines is 1. The molecule has 0 radical (unpaired) electrons. The van der Waals surface area contributed by atoms with Crippen LogP contribution in [0.2, 0.25) is 0 Å². The van der Waals surface area contributed by atoms with Crippen molar-refractivity contribution in [2.45, 2.75) is 6.18 Å². The molecule has 0 atom stereocenters. The lowest BCUT2D eigenvalue weighted by atomic mass is 10.0. The van der Waals surface area contributed by atoms with Crippen molar-refractivity contribution in [2.75, 3.05) is 5.32 Å². The number of carbonyl (C=O) groups excluding carboxylic acids is 1. The lowest BCUT2D eigenvalue weighted by molar-refractivity contribution is -0.137.